The number of alkyl carbamates (subject to hydrolysis) is 1. The van der Waals surface area contributed by atoms with Crippen LogP contribution < -0.4 is 10.6 Å². The molecule has 0 spiro atoms. The zero-order valence-corrected chi connectivity index (χ0v) is 13.2. The second-order valence-corrected chi connectivity index (χ2v) is 6.52. The van der Waals surface area contributed by atoms with Crippen LogP contribution in [0.4, 0.5) is 4.79 Å². The molecule has 2 N–H and O–H groups in total. The van der Waals surface area contributed by atoms with Crippen LogP contribution in [0.15, 0.2) is 12.2 Å². The Morgan fingerprint density at radius 2 is 1.80 bits per heavy atom. The van der Waals surface area contributed by atoms with Crippen LogP contribution in [0.1, 0.15) is 52.9 Å². The van der Waals surface area contributed by atoms with Crippen LogP contribution in [0.3, 0.4) is 0 Å². The van der Waals surface area contributed by atoms with E-state index in [1.54, 1.807) is 0 Å². The minimum absolute atomic E-state index is 0.364. The molecular formula is C16H30N2O2. The van der Waals surface area contributed by atoms with Gasteiger partial charge in [-0.2, -0.15) is 0 Å². The molecule has 0 bridgehead atoms. The molecule has 0 aromatic rings. The molecular weight excluding hydrogens is 252 g/mol. The summed E-state index contributed by atoms with van der Waals surface area (Å²) in [7, 11) is 0. The maximum Gasteiger partial charge on any atom is 0.407 e. The lowest BCUT2D eigenvalue weighted by atomic mass is 9.89. The molecule has 1 amide bonds. The number of rotatable bonds is 6. The fourth-order valence-electron chi connectivity index (χ4n) is 2.39. The van der Waals surface area contributed by atoms with Crippen molar-refractivity contribution in [3.8, 4) is 0 Å². The zero-order chi connectivity index (χ0) is 14.8. The standard InChI is InChI=1S/C16H30N2O2/c1-16(2,3)20-15(19)18-12-8-7-11-17-13-14-9-5-4-6-10-14/h7-8,14,17H,4-6,9-13H2,1-3H3,(H,18,19)/b8-7+. The Morgan fingerprint density at radius 1 is 1.15 bits per heavy atom. The quantitative estimate of drug-likeness (QED) is 0.581. The van der Waals surface area contributed by atoms with Gasteiger partial charge in [0.15, 0.2) is 0 Å². The van der Waals surface area contributed by atoms with E-state index in [1.807, 2.05) is 26.8 Å². The highest BCUT2D eigenvalue weighted by Crippen LogP contribution is 2.22. The summed E-state index contributed by atoms with van der Waals surface area (Å²) in [5.74, 6) is 0.858. The molecule has 0 aliphatic heterocycles. The third-order valence-corrected chi connectivity index (χ3v) is 3.35. The average molecular weight is 282 g/mol. The molecule has 1 aliphatic carbocycles. The number of amides is 1. The van der Waals surface area contributed by atoms with E-state index in [9.17, 15) is 4.79 Å². The van der Waals surface area contributed by atoms with Crippen LogP contribution in [-0.2, 0) is 4.74 Å². The van der Waals surface area contributed by atoms with Gasteiger partial charge in [-0.15, -0.1) is 0 Å². The van der Waals surface area contributed by atoms with Crippen molar-refractivity contribution in [3.05, 3.63) is 12.2 Å². The predicted octanol–water partition coefficient (Wildman–Crippen LogP) is 3.24. The molecule has 0 heterocycles. The third-order valence-electron chi connectivity index (χ3n) is 3.35. The smallest absolute Gasteiger partial charge is 0.407 e. The van der Waals surface area contributed by atoms with Crippen LogP contribution in [0.25, 0.3) is 0 Å². The van der Waals surface area contributed by atoms with Crippen molar-refractivity contribution >= 4 is 6.09 Å². The summed E-state index contributed by atoms with van der Waals surface area (Å²) in [5.41, 5.74) is -0.435. The lowest BCUT2D eigenvalue weighted by molar-refractivity contribution is 0.0534. The normalized spacial score (nSPS) is 17.4. The molecule has 20 heavy (non-hydrogen) atoms. The Kier molecular flexibility index (Phi) is 7.67. The molecule has 0 unspecified atom stereocenters. The summed E-state index contributed by atoms with van der Waals surface area (Å²) < 4.78 is 5.15. The second-order valence-electron chi connectivity index (χ2n) is 6.52. The van der Waals surface area contributed by atoms with Crippen LogP contribution >= 0.6 is 0 Å². The summed E-state index contributed by atoms with van der Waals surface area (Å²) in [6, 6.07) is 0. The van der Waals surface area contributed by atoms with E-state index in [0.717, 1.165) is 19.0 Å². The maximum atomic E-state index is 11.4. The van der Waals surface area contributed by atoms with E-state index in [-0.39, 0.29) is 6.09 Å². The topological polar surface area (TPSA) is 50.4 Å². The van der Waals surface area contributed by atoms with Crippen LogP contribution in [0, 0.1) is 5.92 Å². The Labute approximate surface area is 123 Å². The summed E-state index contributed by atoms with van der Waals surface area (Å²) in [6.07, 6.45) is 10.6. The van der Waals surface area contributed by atoms with E-state index in [2.05, 4.69) is 16.7 Å². The lowest BCUT2D eigenvalue weighted by Gasteiger charge is -2.21. The van der Waals surface area contributed by atoms with Gasteiger partial charge in [0.05, 0.1) is 0 Å². The molecule has 4 nitrogen and oxygen atoms in total. The van der Waals surface area contributed by atoms with Crippen molar-refractivity contribution in [2.75, 3.05) is 19.6 Å². The first kappa shape index (κ1) is 17.0. The number of hydrogen-bond acceptors (Lipinski definition) is 3. The first-order chi connectivity index (χ1) is 9.47. The molecule has 1 saturated carbocycles. The van der Waals surface area contributed by atoms with Crippen LogP contribution in [-0.4, -0.2) is 31.3 Å². The van der Waals surface area contributed by atoms with Gasteiger partial charge in [0, 0.05) is 13.1 Å². The number of carbonyl (C=O) groups excluding carboxylic acids is 1. The van der Waals surface area contributed by atoms with E-state index in [4.69, 9.17) is 4.74 Å². The summed E-state index contributed by atoms with van der Waals surface area (Å²) in [4.78, 5) is 11.4. The van der Waals surface area contributed by atoms with Crippen molar-refractivity contribution in [2.24, 2.45) is 5.92 Å². The summed E-state index contributed by atoms with van der Waals surface area (Å²) in [5, 5.41) is 6.15. The highest BCUT2D eigenvalue weighted by Gasteiger charge is 2.15. The van der Waals surface area contributed by atoms with Crippen molar-refractivity contribution < 1.29 is 9.53 Å². The van der Waals surface area contributed by atoms with E-state index in [1.165, 1.54) is 32.1 Å². The van der Waals surface area contributed by atoms with Gasteiger partial charge in [0.2, 0.25) is 0 Å². The highest BCUT2D eigenvalue weighted by atomic mass is 16.6. The monoisotopic (exact) mass is 282 g/mol. The molecule has 0 aromatic carbocycles. The second kappa shape index (κ2) is 9.01. The fraction of sp³-hybridized carbons (Fsp3) is 0.812. The average Bonchev–Trinajstić information content (AvgIpc) is 2.37. The number of nitrogens with one attached hydrogen (secondary N) is 2. The molecule has 116 valence electrons. The minimum atomic E-state index is -0.435. The van der Waals surface area contributed by atoms with Crippen molar-refractivity contribution in [3.63, 3.8) is 0 Å². The fourth-order valence-corrected chi connectivity index (χ4v) is 2.39. The van der Waals surface area contributed by atoms with Gasteiger partial charge in [-0.05, 0) is 46.1 Å². The van der Waals surface area contributed by atoms with Gasteiger partial charge in [0.1, 0.15) is 5.60 Å². The predicted molar refractivity (Wildman–Crippen MR) is 82.8 cm³/mol. The molecule has 0 radical (unpaired) electrons. The molecule has 0 saturated heterocycles. The van der Waals surface area contributed by atoms with E-state index in [0.29, 0.717) is 6.54 Å². The number of ether oxygens (including phenoxy) is 1. The first-order valence-electron chi connectivity index (χ1n) is 7.80. The van der Waals surface area contributed by atoms with Gasteiger partial charge >= 0.3 is 6.09 Å². The minimum Gasteiger partial charge on any atom is -0.444 e. The molecule has 4 heteroatoms. The van der Waals surface area contributed by atoms with Crippen molar-refractivity contribution in [1.29, 1.82) is 0 Å². The summed E-state index contributed by atoms with van der Waals surface area (Å²) >= 11 is 0. The zero-order valence-electron chi connectivity index (χ0n) is 13.2. The Balaban J connectivity index is 1.97. The van der Waals surface area contributed by atoms with Gasteiger partial charge in [0.25, 0.3) is 0 Å². The van der Waals surface area contributed by atoms with Crippen LogP contribution in [0.2, 0.25) is 0 Å². The Morgan fingerprint density at radius 3 is 2.45 bits per heavy atom. The molecule has 1 fully saturated rings. The van der Waals surface area contributed by atoms with Gasteiger partial charge in [-0.3, -0.25) is 0 Å². The van der Waals surface area contributed by atoms with Gasteiger partial charge in [-0.1, -0.05) is 31.4 Å². The Bertz CT molecular complexity index is 302. The van der Waals surface area contributed by atoms with Gasteiger partial charge < -0.3 is 15.4 Å². The molecule has 1 aliphatic rings. The first-order valence-corrected chi connectivity index (χ1v) is 7.80. The van der Waals surface area contributed by atoms with Crippen molar-refractivity contribution in [2.45, 2.75) is 58.5 Å². The van der Waals surface area contributed by atoms with E-state index >= 15 is 0 Å². The lowest BCUT2D eigenvalue weighted by Crippen LogP contribution is -2.32. The number of hydrogen-bond donors (Lipinski definition) is 2. The number of carbonyl (C=O) groups is 1. The SMILES string of the molecule is CC(C)(C)OC(=O)NC/C=C/CNCC1CCCCC1. The molecule has 0 aromatic heterocycles. The molecule has 1 rings (SSSR count). The van der Waals surface area contributed by atoms with E-state index < -0.39 is 5.60 Å². The van der Waals surface area contributed by atoms with Crippen molar-refractivity contribution in [1.82, 2.24) is 10.6 Å². The van der Waals surface area contributed by atoms with Crippen LogP contribution in [0.5, 0.6) is 0 Å². The molecule has 0 atom stereocenters. The maximum absolute atomic E-state index is 11.4. The summed E-state index contributed by atoms with van der Waals surface area (Å²) in [6.45, 7) is 8.07. The third kappa shape index (κ3) is 8.97. The Hall–Kier alpha value is -1.03. The van der Waals surface area contributed by atoms with Gasteiger partial charge in [-0.25, -0.2) is 4.79 Å². The highest BCUT2D eigenvalue weighted by molar-refractivity contribution is 5.67. The largest absolute Gasteiger partial charge is 0.444 e.